The fourth-order valence-corrected chi connectivity index (χ4v) is 7.33. The van der Waals surface area contributed by atoms with Crippen LogP contribution in [0.2, 0.25) is 5.02 Å². The minimum absolute atomic E-state index is 0.0505. The number of carbonyl (C=O) groups excluding carboxylic acids is 1. The Morgan fingerprint density at radius 3 is 2.66 bits per heavy atom. The Labute approximate surface area is 260 Å². The lowest BCUT2D eigenvalue weighted by Crippen LogP contribution is -2.55. The molecule has 0 aliphatic carbocycles. The first-order chi connectivity index (χ1) is 21.1. The van der Waals surface area contributed by atoms with Gasteiger partial charge in [0.05, 0.1) is 42.1 Å². The number of furan rings is 1. The molecule has 228 valence electrons. The third-order valence-electron chi connectivity index (χ3n) is 8.36. The SMILES string of the molecule is CC(=O)N1CCN(c2nc(CCc3ccoc3S(N)(=O)=O)nc3c2CCN(c2cccc4cccc(Cl)c24)C3)C[C@@H]1CC#N. The van der Waals surface area contributed by atoms with Crippen LogP contribution < -0.4 is 14.9 Å². The van der Waals surface area contributed by atoms with E-state index in [9.17, 15) is 18.5 Å². The van der Waals surface area contributed by atoms with Gasteiger partial charge in [-0.1, -0.05) is 35.9 Å². The van der Waals surface area contributed by atoms with Crippen LogP contribution in [0.4, 0.5) is 11.5 Å². The summed E-state index contributed by atoms with van der Waals surface area (Å²) in [5.74, 6) is 1.31. The molecule has 2 aromatic heterocycles. The summed E-state index contributed by atoms with van der Waals surface area (Å²) in [7, 11) is -4.01. The number of benzene rings is 2. The summed E-state index contributed by atoms with van der Waals surface area (Å²) < 4.78 is 29.2. The molecule has 0 bridgehead atoms. The molecule has 1 fully saturated rings. The Bertz CT molecular complexity index is 1880. The lowest BCUT2D eigenvalue weighted by molar-refractivity contribution is -0.131. The second-order valence-corrected chi connectivity index (χ2v) is 13.0. The highest BCUT2D eigenvalue weighted by Crippen LogP contribution is 2.37. The van der Waals surface area contributed by atoms with Gasteiger partial charge in [-0.25, -0.2) is 23.5 Å². The number of carbonyl (C=O) groups is 1. The van der Waals surface area contributed by atoms with Gasteiger partial charge in [0, 0.05) is 61.7 Å². The molecule has 0 spiro atoms. The van der Waals surface area contributed by atoms with Crippen LogP contribution in [0.25, 0.3) is 10.8 Å². The van der Waals surface area contributed by atoms with Gasteiger partial charge >= 0.3 is 0 Å². The molecular formula is C31H32ClN7O4S. The molecule has 1 amide bonds. The maximum atomic E-state index is 12.3. The van der Waals surface area contributed by atoms with Crippen molar-refractivity contribution >= 4 is 49.8 Å². The molecule has 2 aromatic carbocycles. The predicted molar refractivity (Wildman–Crippen MR) is 167 cm³/mol. The Morgan fingerprint density at radius 1 is 1.11 bits per heavy atom. The molecule has 1 saturated heterocycles. The first-order valence-electron chi connectivity index (χ1n) is 14.4. The fraction of sp³-hybridized carbons (Fsp3) is 0.355. The summed E-state index contributed by atoms with van der Waals surface area (Å²) in [6.45, 7) is 4.34. The van der Waals surface area contributed by atoms with Gasteiger partial charge < -0.3 is 19.1 Å². The van der Waals surface area contributed by atoms with E-state index in [4.69, 9.17) is 31.1 Å². The van der Waals surface area contributed by atoms with E-state index >= 15 is 0 Å². The highest BCUT2D eigenvalue weighted by Gasteiger charge is 2.33. The van der Waals surface area contributed by atoms with E-state index in [0.717, 1.165) is 40.1 Å². The van der Waals surface area contributed by atoms with E-state index in [1.54, 1.807) is 11.0 Å². The highest BCUT2D eigenvalue weighted by molar-refractivity contribution is 7.89. The van der Waals surface area contributed by atoms with Crippen molar-refractivity contribution in [3.63, 3.8) is 0 Å². The zero-order valence-corrected chi connectivity index (χ0v) is 25.8. The lowest BCUT2D eigenvalue weighted by Gasteiger charge is -2.42. The molecule has 44 heavy (non-hydrogen) atoms. The number of rotatable bonds is 7. The van der Waals surface area contributed by atoms with Gasteiger partial charge in [0.25, 0.3) is 10.0 Å². The fourth-order valence-electron chi connectivity index (χ4n) is 6.32. The number of nitrogens with zero attached hydrogens (tertiary/aromatic N) is 6. The van der Waals surface area contributed by atoms with Crippen molar-refractivity contribution in [2.45, 2.75) is 50.3 Å². The zero-order valence-electron chi connectivity index (χ0n) is 24.2. The molecular weight excluding hydrogens is 602 g/mol. The molecule has 2 N–H and O–H groups in total. The number of nitriles is 1. The molecule has 4 heterocycles. The van der Waals surface area contributed by atoms with Gasteiger partial charge in [-0.15, -0.1) is 0 Å². The maximum Gasteiger partial charge on any atom is 0.271 e. The van der Waals surface area contributed by atoms with Crippen LogP contribution >= 0.6 is 11.6 Å². The number of nitrogens with two attached hydrogens (primary N) is 1. The molecule has 2 aliphatic rings. The second-order valence-electron chi connectivity index (χ2n) is 11.1. The van der Waals surface area contributed by atoms with E-state index in [1.165, 1.54) is 13.2 Å². The number of aryl methyl sites for hydroxylation is 2. The third-order valence-corrected chi connectivity index (χ3v) is 9.55. The van der Waals surface area contributed by atoms with Crippen molar-refractivity contribution < 1.29 is 17.6 Å². The number of hydrogen-bond donors (Lipinski definition) is 1. The van der Waals surface area contributed by atoms with Gasteiger partial charge in [-0.2, -0.15) is 5.26 Å². The Balaban J connectivity index is 1.37. The van der Waals surface area contributed by atoms with Gasteiger partial charge in [-0.05, 0) is 36.4 Å². The predicted octanol–water partition coefficient (Wildman–Crippen LogP) is 3.82. The summed E-state index contributed by atoms with van der Waals surface area (Å²) in [5.41, 5.74) is 3.41. The zero-order chi connectivity index (χ0) is 31.0. The van der Waals surface area contributed by atoms with E-state index in [1.807, 2.05) is 30.3 Å². The summed E-state index contributed by atoms with van der Waals surface area (Å²) >= 11 is 6.67. The standard InChI is InChI=1S/C31H32ClN7O4S/c1-20(40)39-16-15-38(18-23(39)10-13-33)30-24-11-14-37(27-7-3-5-21-4-2-6-25(32)29(21)27)19-26(24)35-28(36-30)9-8-22-12-17-43-31(22)44(34,41)42/h2-7,12,17,23H,8-11,14-16,18-19H2,1H3,(H2,34,41,42)/t23-/m0/s1. The first kappa shape index (κ1) is 29.9. The van der Waals surface area contributed by atoms with E-state index in [-0.39, 0.29) is 23.5 Å². The normalized spacial score (nSPS) is 17.0. The highest BCUT2D eigenvalue weighted by atomic mass is 35.5. The molecule has 2 aliphatic heterocycles. The van der Waals surface area contributed by atoms with Gasteiger partial charge in [0.2, 0.25) is 11.0 Å². The number of piperazine rings is 1. The third kappa shape index (κ3) is 5.83. The number of primary sulfonamides is 1. The smallest absolute Gasteiger partial charge is 0.271 e. The molecule has 6 rings (SSSR count). The van der Waals surface area contributed by atoms with E-state index < -0.39 is 10.0 Å². The molecule has 13 heteroatoms. The molecule has 11 nitrogen and oxygen atoms in total. The number of aromatic nitrogens is 2. The topological polar surface area (TPSA) is 150 Å². The van der Waals surface area contributed by atoms with Crippen molar-refractivity contribution in [3.8, 4) is 6.07 Å². The van der Waals surface area contributed by atoms with E-state index in [2.05, 4.69) is 21.9 Å². The van der Waals surface area contributed by atoms with Crippen LogP contribution in [0, 0.1) is 11.3 Å². The number of hydrogen-bond acceptors (Lipinski definition) is 9. The average molecular weight is 634 g/mol. The van der Waals surface area contributed by atoms with Crippen LogP contribution in [0.5, 0.6) is 0 Å². The Kier molecular flexibility index (Phi) is 8.20. The van der Waals surface area contributed by atoms with Crippen molar-refractivity contribution in [2.75, 3.05) is 36.0 Å². The summed E-state index contributed by atoms with van der Waals surface area (Å²) in [6.07, 6.45) is 2.91. The van der Waals surface area contributed by atoms with Crippen LogP contribution in [-0.4, -0.2) is 61.4 Å². The van der Waals surface area contributed by atoms with E-state index in [0.29, 0.717) is 61.9 Å². The van der Waals surface area contributed by atoms with Crippen LogP contribution in [0.3, 0.4) is 0 Å². The van der Waals surface area contributed by atoms with Crippen LogP contribution in [0.1, 0.15) is 36.0 Å². The number of anilines is 2. The van der Waals surface area contributed by atoms with Crippen molar-refractivity contribution in [2.24, 2.45) is 5.14 Å². The molecule has 0 saturated carbocycles. The van der Waals surface area contributed by atoms with Crippen LogP contribution in [0.15, 0.2) is 58.2 Å². The monoisotopic (exact) mass is 633 g/mol. The van der Waals surface area contributed by atoms with Crippen LogP contribution in [-0.2, 0) is 40.6 Å². The lowest BCUT2D eigenvalue weighted by atomic mass is 10.0. The second kappa shape index (κ2) is 12.1. The van der Waals surface area contributed by atoms with Crippen molar-refractivity contribution in [3.05, 3.63) is 76.4 Å². The number of amides is 1. The molecule has 1 atom stereocenters. The summed E-state index contributed by atoms with van der Waals surface area (Å²) in [4.78, 5) is 28.5. The maximum absolute atomic E-state index is 12.3. The number of sulfonamides is 1. The Hall–Kier alpha value is -4.18. The first-order valence-corrected chi connectivity index (χ1v) is 16.4. The minimum Gasteiger partial charge on any atom is -0.451 e. The van der Waals surface area contributed by atoms with Crippen molar-refractivity contribution in [1.82, 2.24) is 14.9 Å². The Morgan fingerprint density at radius 2 is 1.91 bits per heavy atom. The van der Waals surface area contributed by atoms with Gasteiger partial charge in [0.1, 0.15) is 11.6 Å². The van der Waals surface area contributed by atoms with Gasteiger partial charge in [0.15, 0.2) is 0 Å². The largest absolute Gasteiger partial charge is 0.451 e. The number of fused-ring (bicyclic) bond motifs is 2. The van der Waals surface area contributed by atoms with Crippen molar-refractivity contribution in [1.29, 1.82) is 5.26 Å². The summed E-state index contributed by atoms with van der Waals surface area (Å²) in [5, 5.41) is 17.3. The summed E-state index contributed by atoms with van der Waals surface area (Å²) in [6, 6.07) is 15.6. The quantitative estimate of drug-likeness (QED) is 0.320. The molecule has 0 radical (unpaired) electrons. The minimum atomic E-state index is -4.01. The average Bonchev–Trinajstić information content (AvgIpc) is 3.49. The molecule has 4 aromatic rings. The van der Waals surface area contributed by atoms with Gasteiger partial charge in [-0.3, -0.25) is 4.79 Å². The molecule has 0 unspecified atom stereocenters. The number of halogens is 1.